The van der Waals surface area contributed by atoms with Crippen LogP contribution in [0.15, 0.2) is 47.6 Å². The first-order chi connectivity index (χ1) is 8.88. The fourth-order valence-corrected chi connectivity index (χ4v) is 3.33. The molecule has 3 nitrogen and oxygen atoms in total. The van der Waals surface area contributed by atoms with Gasteiger partial charge in [-0.2, -0.15) is 0 Å². The quantitative estimate of drug-likeness (QED) is 0.817. The van der Waals surface area contributed by atoms with E-state index < -0.39 is 9.84 Å². The van der Waals surface area contributed by atoms with Crippen molar-refractivity contribution >= 4 is 33.0 Å². The molecule has 0 saturated heterocycles. The van der Waals surface area contributed by atoms with Crippen molar-refractivity contribution in [2.75, 3.05) is 0 Å². The maximum Gasteiger partial charge on any atom is 0.182 e. The zero-order valence-corrected chi connectivity index (χ0v) is 12.5. The van der Waals surface area contributed by atoms with Gasteiger partial charge < -0.3 is 0 Å². The standard InChI is InChI=1S/C13H12Cl2NO2S/c1-16-6-4-10(5-7-16)9-19(17,18)11-2-3-12(14)13(15)8-11/h2-8H,9H2,1H3/q+1. The van der Waals surface area contributed by atoms with E-state index in [1.807, 2.05) is 11.6 Å². The minimum atomic E-state index is -3.42. The van der Waals surface area contributed by atoms with Crippen LogP contribution in [0.2, 0.25) is 10.0 Å². The molecular formula is C13H12Cl2NO2S+. The number of pyridine rings is 1. The summed E-state index contributed by atoms with van der Waals surface area (Å²) in [5, 5.41) is 0.578. The van der Waals surface area contributed by atoms with Gasteiger partial charge in [-0.1, -0.05) is 23.2 Å². The molecule has 0 fully saturated rings. The predicted molar refractivity (Wildman–Crippen MR) is 75.0 cm³/mol. The van der Waals surface area contributed by atoms with Crippen LogP contribution in [0.3, 0.4) is 0 Å². The zero-order chi connectivity index (χ0) is 14.0. The predicted octanol–water partition coefficient (Wildman–Crippen LogP) is 2.79. The van der Waals surface area contributed by atoms with E-state index in [4.69, 9.17) is 23.2 Å². The summed E-state index contributed by atoms with van der Waals surface area (Å²) in [7, 11) is -1.55. The molecule has 0 amide bonds. The normalized spacial score (nSPS) is 11.5. The van der Waals surface area contributed by atoms with Crippen LogP contribution >= 0.6 is 23.2 Å². The Morgan fingerprint density at radius 1 is 1.05 bits per heavy atom. The lowest BCUT2D eigenvalue weighted by molar-refractivity contribution is -0.671. The molecule has 1 aromatic carbocycles. The molecule has 0 bridgehead atoms. The van der Waals surface area contributed by atoms with Crippen molar-refractivity contribution in [1.82, 2.24) is 0 Å². The van der Waals surface area contributed by atoms with Gasteiger partial charge in [-0.25, -0.2) is 13.0 Å². The Hall–Kier alpha value is -1.10. The molecule has 0 saturated carbocycles. The second-order valence-corrected chi connectivity index (χ2v) is 7.01. The fraction of sp³-hybridized carbons (Fsp3) is 0.154. The molecule has 0 unspecified atom stereocenters. The molecule has 100 valence electrons. The minimum Gasteiger partial charge on any atom is -0.223 e. The number of nitrogens with zero attached hydrogens (tertiary/aromatic N) is 1. The van der Waals surface area contributed by atoms with Crippen LogP contribution in [0.25, 0.3) is 0 Å². The zero-order valence-electron chi connectivity index (χ0n) is 10.2. The molecule has 0 radical (unpaired) electrons. The maximum absolute atomic E-state index is 12.2. The Balaban J connectivity index is 2.32. The number of hydrogen-bond acceptors (Lipinski definition) is 2. The highest BCUT2D eigenvalue weighted by Crippen LogP contribution is 2.26. The van der Waals surface area contributed by atoms with E-state index >= 15 is 0 Å². The molecule has 0 spiro atoms. The third-order valence-electron chi connectivity index (χ3n) is 2.65. The van der Waals surface area contributed by atoms with E-state index in [0.29, 0.717) is 5.02 Å². The SMILES string of the molecule is C[n+]1ccc(CS(=O)(=O)c2ccc(Cl)c(Cl)c2)cc1. The summed E-state index contributed by atoms with van der Waals surface area (Å²) in [5.74, 6) is -0.0637. The van der Waals surface area contributed by atoms with Gasteiger partial charge in [-0.15, -0.1) is 0 Å². The Morgan fingerprint density at radius 3 is 2.26 bits per heavy atom. The summed E-state index contributed by atoms with van der Waals surface area (Å²) in [5.41, 5.74) is 0.726. The number of halogens is 2. The Labute approximate surface area is 122 Å². The lowest BCUT2D eigenvalue weighted by atomic mass is 10.3. The van der Waals surface area contributed by atoms with E-state index in [1.165, 1.54) is 18.2 Å². The van der Waals surface area contributed by atoms with Gasteiger partial charge in [0.05, 0.1) is 20.7 Å². The van der Waals surface area contributed by atoms with Gasteiger partial charge in [0.2, 0.25) is 0 Å². The van der Waals surface area contributed by atoms with Crippen LogP contribution in [-0.4, -0.2) is 8.42 Å². The average Bonchev–Trinajstić information content (AvgIpc) is 2.35. The van der Waals surface area contributed by atoms with E-state index in [2.05, 4.69) is 0 Å². The van der Waals surface area contributed by atoms with Crippen LogP contribution in [-0.2, 0) is 22.6 Å². The lowest BCUT2D eigenvalue weighted by Gasteiger charge is -2.05. The Bertz CT molecular complexity index is 697. The van der Waals surface area contributed by atoms with Gasteiger partial charge in [0, 0.05) is 12.1 Å². The van der Waals surface area contributed by atoms with Gasteiger partial charge in [-0.05, 0) is 23.8 Å². The number of aromatic nitrogens is 1. The molecule has 0 aliphatic carbocycles. The molecule has 0 aliphatic heterocycles. The minimum absolute atomic E-state index is 0.0637. The molecule has 1 heterocycles. The molecule has 0 N–H and O–H groups in total. The van der Waals surface area contributed by atoms with Gasteiger partial charge >= 0.3 is 0 Å². The van der Waals surface area contributed by atoms with E-state index in [0.717, 1.165) is 5.56 Å². The monoisotopic (exact) mass is 316 g/mol. The largest absolute Gasteiger partial charge is 0.223 e. The third-order valence-corrected chi connectivity index (χ3v) is 5.08. The highest BCUT2D eigenvalue weighted by atomic mass is 35.5. The molecule has 2 rings (SSSR count). The summed E-state index contributed by atoms with van der Waals surface area (Å²) in [6.07, 6.45) is 3.61. The number of aryl methyl sites for hydroxylation is 1. The third kappa shape index (κ3) is 3.47. The van der Waals surface area contributed by atoms with Gasteiger partial charge in [-0.3, -0.25) is 0 Å². The number of hydrogen-bond donors (Lipinski definition) is 0. The van der Waals surface area contributed by atoms with Crippen molar-refractivity contribution in [2.45, 2.75) is 10.6 Å². The second-order valence-electron chi connectivity index (χ2n) is 4.21. The van der Waals surface area contributed by atoms with Crippen molar-refractivity contribution in [3.8, 4) is 0 Å². The van der Waals surface area contributed by atoms with Gasteiger partial charge in [0.15, 0.2) is 22.2 Å². The van der Waals surface area contributed by atoms with Crippen molar-refractivity contribution < 1.29 is 13.0 Å². The van der Waals surface area contributed by atoms with Crippen molar-refractivity contribution in [3.05, 3.63) is 58.3 Å². The van der Waals surface area contributed by atoms with Crippen LogP contribution in [0, 0.1) is 0 Å². The molecule has 19 heavy (non-hydrogen) atoms. The first-order valence-electron chi connectivity index (χ1n) is 5.50. The van der Waals surface area contributed by atoms with Crippen molar-refractivity contribution in [1.29, 1.82) is 0 Å². The average molecular weight is 317 g/mol. The molecular weight excluding hydrogens is 305 g/mol. The van der Waals surface area contributed by atoms with Crippen LogP contribution in [0.4, 0.5) is 0 Å². The summed E-state index contributed by atoms with van der Waals surface area (Å²) in [6.45, 7) is 0. The number of benzene rings is 1. The summed E-state index contributed by atoms with van der Waals surface area (Å²) < 4.78 is 26.3. The van der Waals surface area contributed by atoms with Gasteiger partial charge in [0.1, 0.15) is 7.05 Å². The van der Waals surface area contributed by atoms with E-state index in [9.17, 15) is 8.42 Å². The summed E-state index contributed by atoms with van der Waals surface area (Å²) in [6, 6.07) is 7.88. The fourth-order valence-electron chi connectivity index (χ4n) is 1.60. The molecule has 0 atom stereocenters. The van der Waals surface area contributed by atoms with E-state index in [1.54, 1.807) is 24.5 Å². The first kappa shape index (κ1) is 14.3. The molecule has 0 aliphatic rings. The highest BCUT2D eigenvalue weighted by Gasteiger charge is 2.17. The van der Waals surface area contributed by atoms with E-state index in [-0.39, 0.29) is 15.7 Å². The number of sulfone groups is 1. The van der Waals surface area contributed by atoms with Crippen LogP contribution in [0.5, 0.6) is 0 Å². The number of rotatable bonds is 3. The lowest BCUT2D eigenvalue weighted by Crippen LogP contribution is -2.26. The highest BCUT2D eigenvalue weighted by molar-refractivity contribution is 7.90. The summed E-state index contributed by atoms with van der Waals surface area (Å²) in [4.78, 5) is 0.176. The van der Waals surface area contributed by atoms with Crippen molar-refractivity contribution in [2.24, 2.45) is 7.05 Å². The summed E-state index contributed by atoms with van der Waals surface area (Å²) >= 11 is 11.6. The topological polar surface area (TPSA) is 38.0 Å². The van der Waals surface area contributed by atoms with Crippen LogP contribution < -0.4 is 4.57 Å². The second kappa shape index (κ2) is 5.49. The smallest absolute Gasteiger partial charge is 0.182 e. The maximum atomic E-state index is 12.2. The molecule has 2 aromatic rings. The Kier molecular flexibility index (Phi) is 4.13. The van der Waals surface area contributed by atoms with Crippen LogP contribution in [0.1, 0.15) is 5.56 Å². The molecule has 6 heteroatoms. The first-order valence-corrected chi connectivity index (χ1v) is 7.91. The van der Waals surface area contributed by atoms with Gasteiger partial charge in [0.25, 0.3) is 0 Å². The molecule has 1 aromatic heterocycles. The van der Waals surface area contributed by atoms with Crippen molar-refractivity contribution in [3.63, 3.8) is 0 Å². The Morgan fingerprint density at radius 2 is 1.68 bits per heavy atom.